The number of benzene rings is 2. The van der Waals surface area contributed by atoms with Crippen molar-refractivity contribution in [2.75, 3.05) is 13.2 Å². The van der Waals surface area contributed by atoms with Gasteiger partial charge in [0.2, 0.25) is 0 Å². The number of hydrogen-bond acceptors (Lipinski definition) is 4. The average molecular weight is 349 g/mol. The third-order valence-electron chi connectivity index (χ3n) is 4.82. The van der Waals surface area contributed by atoms with Crippen molar-refractivity contribution >= 4 is 16.9 Å². The van der Waals surface area contributed by atoms with E-state index < -0.39 is 5.63 Å². The molecule has 2 aromatic carbocycles. The minimum absolute atomic E-state index is 0.0595. The van der Waals surface area contributed by atoms with E-state index in [9.17, 15) is 9.59 Å². The molecule has 132 valence electrons. The summed E-state index contributed by atoms with van der Waals surface area (Å²) < 4.78 is 11.2. The number of amides is 1. The Morgan fingerprint density at radius 1 is 1.08 bits per heavy atom. The molecule has 1 fully saturated rings. The van der Waals surface area contributed by atoms with Gasteiger partial charge in [-0.2, -0.15) is 0 Å². The van der Waals surface area contributed by atoms with Gasteiger partial charge in [-0.25, -0.2) is 4.79 Å². The van der Waals surface area contributed by atoms with Crippen molar-refractivity contribution in [3.05, 3.63) is 82.2 Å². The van der Waals surface area contributed by atoms with Crippen molar-refractivity contribution in [2.45, 2.75) is 19.1 Å². The quantitative estimate of drug-likeness (QED) is 0.666. The van der Waals surface area contributed by atoms with Crippen molar-refractivity contribution < 1.29 is 13.9 Å². The lowest BCUT2D eigenvalue weighted by atomic mass is 10.00. The Bertz CT molecular complexity index is 996. The number of carbonyl (C=O) groups is 1. The Morgan fingerprint density at radius 3 is 2.62 bits per heavy atom. The minimum Gasteiger partial charge on any atom is -0.422 e. The summed E-state index contributed by atoms with van der Waals surface area (Å²) in [6.45, 7) is 2.81. The van der Waals surface area contributed by atoms with Crippen molar-refractivity contribution in [1.82, 2.24) is 4.90 Å². The van der Waals surface area contributed by atoms with E-state index in [2.05, 4.69) is 0 Å². The van der Waals surface area contributed by atoms with Gasteiger partial charge in [0.05, 0.1) is 12.6 Å². The maximum absolute atomic E-state index is 13.1. The second-order valence-electron chi connectivity index (χ2n) is 6.43. The molecule has 0 radical (unpaired) electrons. The van der Waals surface area contributed by atoms with Crippen LogP contribution in [0.25, 0.3) is 11.0 Å². The molecule has 2 atom stereocenters. The van der Waals surface area contributed by atoms with Crippen molar-refractivity contribution in [3.63, 3.8) is 0 Å². The van der Waals surface area contributed by atoms with Crippen LogP contribution in [0.3, 0.4) is 0 Å². The lowest BCUT2D eigenvalue weighted by Crippen LogP contribution is -2.49. The van der Waals surface area contributed by atoms with Gasteiger partial charge in [-0.05, 0) is 24.6 Å². The number of morpholine rings is 1. The molecule has 1 amide bonds. The van der Waals surface area contributed by atoms with E-state index in [0.717, 1.165) is 10.9 Å². The molecule has 5 heteroatoms. The topological polar surface area (TPSA) is 59.8 Å². The second-order valence-corrected chi connectivity index (χ2v) is 6.43. The highest BCUT2D eigenvalue weighted by Gasteiger charge is 2.34. The average Bonchev–Trinajstić information content (AvgIpc) is 2.68. The van der Waals surface area contributed by atoms with Crippen LogP contribution in [0.1, 0.15) is 28.9 Å². The first-order chi connectivity index (χ1) is 12.6. The molecule has 1 aliphatic heterocycles. The van der Waals surface area contributed by atoms with Crippen LogP contribution in [-0.4, -0.2) is 30.0 Å². The van der Waals surface area contributed by atoms with Crippen LogP contribution in [0.2, 0.25) is 0 Å². The smallest absolute Gasteiger partial charge is 0.349 e. The number of rotatable bonds is 2. The molecule has 0 spiro atoms. The Hall–Kier alpha value is -2.92. The molecular weight excluding hydrogens is 330 g/mol. The predicted molar refractivity (Wildman–Crippen MR) is 98.1 cm³/mol. The summed E-state index contributed by atoms with van der Waals surface area (Å²) in [7, 11) is 0. The van der Waals surface area contributed by atoms with E-state index in [-0.39, 0.29) is 23.6 Å². The number of hydrogen-bond donors (Lipinski definition) is 0. The number of para-hydroxylation sites is 1. The molecular formula is C21H19NO4. The zero-order valence-electron chi connectivity index (χ0n) is 14.4. The van der Waals surface area contributed by atoms with Gasteiger partial charge in [-0.1, -0.05) is 48.5 Å². The molecule has 0 saturated carbocycles. The molecule has 1 aromatic heterocycles. The molecule has 2 unspecified atom stereocenters. The Balaban J connectivity index is 1.67. The highest BCUT2D eigenvalue weighted by molar-refractivity contribution is 5.96. The summed E-state index contributed by atoms with van der Waals surface area (Å²) in [4.78, 5) is 27.1. The molecule has 5 nitrogen and oxygen atoms in total. The summed E-state index contributed by atoms with van der Waals surface area (Å²) in [5, 5.41) is 0.732. The second kappa shape index (κ2) is 6.77. The summed E-state index contributed by atoms with van der Waals surface area (Å²) in [5.74, 6) is -0.318. The zero-order chi connectivity index (χ0) is 18.1. The molecule has 1 saturated heterocycles. The van der Waals surface area contributed by atoms with Gasteiger partial charge < -0.3 is 14.1 Å². The van der Waals surface area contributed by atoms with Crippen LogP contribution in [-0.2, 0) is 4.74 Å². The van der Waals surface area contributed by atoms with Crippen molar-refractivity contribution in [3.8, 4) is 0 Å². The molecule has 0 aliphatic carbocycles. The number of nitrogens with zero attached hydrogens (tertiary/aromatic N) is 1. The van der Waals surface area contributed by atoms with E-state index >= 15 is 0 Å². The highest BCUT2D eigenvalue weighted by atomic mass is 16.5. The monoisotopic (exact) mass is 349 g/mol. The fraction of sp³-hybridized carbons (Fsp3) is 0.238. The van der Waals surface area contributed by atoms with Gasteiger partial charge in [0.15, 0.2) is 0 Å². The fourth-order valence-electron chi connectivity index (χ4n) is 3.45. The van der Waals surface area contributed by atoms with E-state index in [4.69, 9.17) is 9.15 Å². The maximum Gasteiger partial charge on any atom is 0.349 e. The summed E-state index contributed by atoms with van der Waals surface area (Å²) in [6.07, 6.45) is -0.221. The molecule has 0 bridgehead atoms. The number of carbonyl (C=O) groups excluding carboxylic acids is 1. The molecule has 3 aromatic rings. The first-order valence-corrected chi connectivity index (χ1v) is 8.65. The summed E-state index contributed by atoms with van der Waals surface area (Å²) >= 11 is 0. The lowest BCUT2D eigenvalue weighted by Gasteiger charge is -2.39. The van der Waals surface area contributed by atoms with Crippen LogP contribution >= 0.6 is 0 Å². The van der Waals surface area contributed by atoms with Crippen LogP contribution in [0.5, 0.6) is 0 Å². The molecule has 1 aliphatic rings. The Kier molecular flexibility index (Phi) is 4.31. The van der Waals surface area contributed by atoms with Gasteiger partial charge in [0.1, 0.15) is 17.3 Å². The Morgan fingerprint density at radius 2 is 1.81 bits per heavy atom. The number of ether oxygens (including phenoxy) is 1. The third-order valence-corrected chi connectivity index (χ3v) is 4.82. The van der Waals surface area contributed by atoms with Gasteiger partial charge >= 0.3 is 5.63 Å². The Labute approximate surface area is 150 Å². The van der Waals surface area contributed by atoms with E-state index in [0.29, 0.717) is 18.7 Å². The standard InChI is InChI=1S/C21H19NO4/c1-14-19(15-7-3-2-4-8-15)25-12-11-22(14)20(23)17-13-16-9-5-6-10-18(16)26-21(17)24/h2-10,13-14,19H,11-12H2,1H3. The molecule has 0 N–H and O–H groups in total. The van der Waals surface area contributed by atoms with Gasteiger partial charge in [-0.15, -0.1) is 0 Å². The molecule has 2 heterocycles. The van der Waals surface area contributed by atoms with Crippen molar-refractivity contribution in [1.29, 1.82) is 0 Å². The maximum atomic E-state index is 13.1. The minimum atomic E-state index is -0.608. The normalized spacial score (nSPS) is 20.3. The SMILES string of the molecule is CC1C(c2ccccc2)OCCN1C(=O)c1cc2ccccc2oc1=O. The van der Waals surface area contributed by atoms with Crippen LogP contribution < -0.4 is 5.63 Å². The summed E-state index contributed by atoms with van der Waals surface area (Å²) in [6, 6.07) is 18.4. The first-order valence-electron chi connectivity index (χ1n) is 8.65. The van der Waals surface area contributed by atoms with Crippen LogP contribution in [0.15, 0.2) is 69.9 Å². The third kappa shape index (κ3) is 2.91. The highest BCUT2D eigenvalue weighted by Crippen LogP contribution is 2.29. The van der Waals surface area contributed by atoms with Crippen LogP contribution in [0.4, 0.5) is 0 Å². The largest absolute Gasteiger partial charge is 0.422 e. The summed E-state index contributed by atoms with van der Waals surface area (Å²) in [5.41, 5.74) is 0.946. The molecule has 26 heavy (non-hydrogen) atoms. The first kappa shape index (κ1) is 16.5. The van der Waals surface area contributed by atoms with Crippen LogP contribution in [0, 0.1) is 0 Å². The van der Waals surface area contributed by atoms with Crippen molar-refractivity contribution in [2.24, 2.45) is 0 Å². The fourth-order valence-corrected chi connectivity index (χ4v) is 3.45. The molecule has 4 rings (SSSR count). The van der Waals surface area contributed by atoms with Gasteiger partial charge in [0.25, 0.3) is 5.91 Å². The van der Waals surface area contributed by atoms with Gasteiger partial charge in [0, 0.05) is 11.9 Å². The number of fused-ring (bicyclic) bond motifs is 1. The van der Waals surface area contributed by atoms with Gasteiger partial charge in [-0.3, -0.25) is 4.79 Å². The lowest BCUT2D eigenvalue weighted by molar-refractivity contribution is -0.0552. The van der Waals surface area contributed by atoms with E-state index in [1.807, 2.05) is 49.4 Å². The zero-order valence-corrected chi connectivity index (χ0v) is 14.4. The van der Waals surface area contributed by atoms with E-state index in [1.165, 1.54) is 0 Å². The van der Waals surface area contributed by atoms with E-state index in [1.54, 1.807) is 23.1 Å². The predicted octanol–water partition coefficient (Wildman–Crippen LogP) is 3.40.